The average molecular weight is 188 g/mol. The molecule has 0 bridgehead atoms. The fraction of sp³-hybridized carbons (Fsp3) is 0.875. The van der Waals surface area contributed by atoms with Gasteiger partial charge in [0.2, 0.25) is 0 Å². The molecule has 1 heterocycles. The minimum atomic E-state index is -0.243. The van der Waals surface area contributed by atoms with Gasteiger partial charge in [0.05, 0.1) is 13.7 Å². The Morgan fingerprint density at radius 3 is 2.62 bits per heavy atom. The van der Waals surface area contributed by atoms with Crippen LogP contribution in [-0.4, -0.2) is 37.8 Å². The van der Waals surface area contributed by atoms with Gasteiger partial charge in [-0.2, -0.15) is 0 Å². The molecule has 0 aromatic rings. The molecule has 0 spiro atoms. The van der Waals surface area contributed by atoms with Crippen LogP contribution in [0, 0.1) is 5.92 Å². The van der Waals surface area contributed by atoms with E-state index in [1.165, 1.54) is 7.11 Å². The lowest BCUT2D eigenvalue weighted by atomic mass is 9.98. The summed E-state index contributed by atoms with van der Waals surface area (Å²) in [7, 11) is 1.40. The zero-order valence-electron chi connectivity index (χ0n) is 7.86. The molecule has 1 aliphatic rings. The molecular weight excluding hydrogens is 172 g/mol. The Labute approximate surface area is 77.7 Å². The van der Waals surface area contributed by atoms with E-state index in [1.54, 1.807) is 4.90 Å². The van der Waals surface area contributed by atoms with Crippen LogP contribution in [0.5, 0.6) is 0 Å². The van der Waals surface area contributed by atoms with E-state index in [0.29, 0.717) is 12.5 Å². The van der Waals surface area contributed by atoms with Crippen LogP contribution in [0.2, 0.25) is 0 Å². The molecular formula is C8H16N2O3. The minimum Gasteiger partial charge on any atom is -0.453 e. The van der Waals surface area contributed by atoms with Gasteiger partial charge in [-0.1, -0.05) is 0 Å². The molecule has 1 fully saturated rings. The highest BCUT2D eigenvalue weighted by molar-refractivity contribution is 5.67. The number of piperidine rings is 1. The Kier molecular flexibility index (Phi) is 3.98. The van der Waals surface area contributed by atoms with Crippen molar-refractivity contribution in [2.24, 2.45) is 11.8 Å². The summed E-state index contributed by atoms with van der Waals surface area (Å²) in [4.78, 5) is 17.3. The highest BCUT2D eigenvalue weighted by atomic mass is 16.6. The van der Waals surface area contributed by atoms with Crippen molar-refractivity contribution in [3.05, 3.63) is 0 Å². The van der Waals surface area contributed by atoms with Gasteiger partial charge < -0.3 is 14.5 Å². The van der Waals surface area contributed by atoms with Gasteiger partial charge in [0.15, 0.2) is 0 Å². The summed E-state index contributed by atoms with van der Waals surface area (Å²) in [5.41, 5.74) is 0. The van der Waals surface area contributed by atoms with Gasteiger partial charge in [0.25, 0.3) is 0 Å². The maximum absolute atomic E-state index is 11.1. The molecule has 0 saturated carbocycles. The minimum absolute atomic E-state index is 0.243. The number of carbonyl (C=O) groups is 1. The second kappa shape index (κ2) is 5.04. The van der Waals surface area contributed by atoms with E-state index in [4.69, 9.17) is 5.90 Å². The third-order valence-corrected chi connectivity index (χ3v) is 2.38. The van der Waals surface area contributed by atoms with E-state index in [-0.39, 0.29) is 6.09 Å². The predicted octanol–water partition coefficient (Wildman–Crippen LogP) is 0.355. The average Bonchev–Trinajstić information content (AvgIpc) is 2.18. The number of carbonyl (C=O) groups excluding carboxylic acids is 1. The highest BCUT2D eigenvalue weighted by Gasteiger charge is 2.22. The number of likely N-dealkylation sites (tertiary alicyclic amines) is 1. The van der Waals surface area contributed by atoms with Gasteiger partial charge in [0.1, 0.15) is 0 Å². The van der Waals surface area contributed by atoms with E-state index in [1.807, 2.05) is 0 Å². The first-order chi connectivity index (χ1) is 6.27. The van der Waals surface area contributed by atoms with Crippen molar-refractivity contribution in [3.8, 4) is 0 Å². The van der Waals surface area contributed by atoms with Crippen LogP contribution in [0.3, 0.4) is 0 Å². The molecule has 0 aliphatic carbocycles. The third kappa shape index (κ3) is 2.86. The Morgan fingerprint density at radius 2 is 2.15 bits per heavy atom. The maximum Gasteiger partial charge on any atom is 0.409 e. The van der Waals surface area contributed by atoms with Crippen molar-refractivity contribution < 1.29 is 14.4 Å². The van der Waals surface area contributed by atoms with Crippen LogP contribution < -0.4 is 5.90 Å². The van der Waals surface area contributed by atoms with E-state index < -0.39 is 0 Å². The number of nitrogens with two attached hydrogens (primary N) is 1. The topological polar surface area (TPSA) is 64.8 Å². The van der Waals surface area contributed by atoms with Crippen molar-refractivity contribution in [1.29, 1.82) is 0 Å². The number of amides is 1. The van der Waals surface area contributed by atoms with Crippen LogP contribution in [-0.2, 0) is 9.57 Å². The summed E-state index contributed by atoms with van der Waals surface area (Å²) >= 11 is 0. The normalized spacial score (nSPS) is 18.8. The molecule has 1 rings (SSSR count). The molecule has 76 valence electrons. The predicted molar refractivity (Wildman–Crippen MR) is 46.8 cm³/mol. The molecule has 2 N–H and O–H groups in total. The zero-order valence-corrected chi connectivity index (χ0v) is 7.86. The van der Waals surface area contributed by atoms with Gasteiger partial charge >= 0.3 is 6.09 Å². The fourth-order valence-corrected chi connectivity index (χ4v) is 1.55. The Morgan fingerprint density at radius 1 is 1.54 bits per heavy atom. The smallest absolute Gasteiger partial charge is 0.409 e. The molecule has 5 heteroatoms. The quantitative estimate of drug-likeness (QED) is 0.635. The second-order valence-electron chi connectivity index (χ2n) is 3.23. The standard InChI is InChI=1S/C8H16N2O3/c1-12-8(11)10-4-2-7(3-5-10)6-13-9/h7H,2-6,9H2,1H3. The zero-order chi connectivity index (χ0) is 9.68. The molecule has 0 unspecified atom stereocenters. The van der Waals surface area contributed by atoms with Crippen LogP contribution >= 0.6 is 0 Å². The van der Waals surface area contributed by atoms with Gasteiger partial charge in [-0.3, -0.25) is 0 Å². The lowest BCUT2D eigenvalue weighted by molar-refractivity contribution is 0.0612. The third-order valence-electron chi connectivity index (χ3n) is 2.38. The maximum atomic E-state index is 11.1. The second-order valence-corrected chi connectivity index (χ2v) is 3.23. The number of hydrogen-bond donors (Lipinski definition) is 1. The molecule has 1 aliphatic heterocycles. The molecule has 1 amide bonds. The Hall–Kier alpha value is -0.810. The lowest BCUT2D eigenvalue weighted by Crippen LogP contribution is -2.39. The van der Waals surface area contributed by atoms with Crippen molar-refractivity contribution >= 4 is 6.09 Å². The Balaban J connectivity index is 2.26. The molecule has 0 aromatic carbocycles. The summed E-state index contributed by atoms with van der Waals surface area (Å²) in [6.45, 7) is 2.05. The van der Waals surface area contributed by atoms with Crippen molar-refractivity contribution in [2.45, 2.75) is 12.8 Å². The lowest BCUT2D eigenvalue weighted by Gasteiger charge is -2.30. The van der Waals surface area contributed by atoms with Crippen molar-refractivity contribution in [1.82, 2.24) is 4.90 Å². The van der Waals surface area contributed by atoms with Gasteiger partial charge in [0, 0.05) is 13.1 Å². The summed E-state index contributed by atoms with van der Waals surface area (Å²) in [6.07, 6.45) is 1.63. The van der Waals surface area contributed by atoms with Gasteiger partial charge in [-0.25, -0.2) is 10.7 Å². The SMILES string of the molecule is COC(=O)N1CCC(CON)CC1. The van der Waals surface area contributed by atoms with E-state index in [9.17, 15) is 4.79 Å². The fourth-order valence-electron chi connectivity index (χ4n) is 1.55. The van der Waals surface area contributed by atoms with Crippen LogP contribution in [0.4, 0.5) is 4.79 Å². The summed E-state index contributed by atoms with van der Waals surface area (Å²) in [5.74, 6) is 5.45. The van der Waals surface area contributed by atoms with Crippen LogP contribution in [0.15, 0.2) is 0 Å². The number of nitrogens with zero attached hydrogens (tertiary/aromatic N) is 1. The monoisotopic (exact) mass is 188 g/mol. The molecule has 0 atom stereocenters. The van der Waals surface area contributed by atoms with E-state index in [0.717, 1.165) is 25.9 Å². The first-order valence-electron chi connectivity index (χ1n) is 4.42. The molecule has 0 aromatic heterocycles. The van der Waals surface area contributed by atoms with Crippen LogP contribution in [0.25, 0.3) is 0 Å². The van der Waals surface area contributed by atoms with E-state index in [2.05, 4.69) is 9.57 Å². The van der Waals surface area contributed by atoms with Gasteiger partial charge in [-0.05, 0) is 18.8 Å². The first kappa shape index (κ1) is 10.3. The van der Waals surface area contributed by atoms with Crippen molar-refractivity contribution in [2.75, 3.05) is 26.8 Å². The Bertz CT molecular complexity index is 167. The first-order valence-corrected chi connectivity index (χ1v) is 4.42. The number of ether oxygens (including phenoxy) is 1. The molecule has 0 radical (unpaired) electrons. The molecule has 13 heavy (non-hydrogen) atoms. The van der Waals surface area contributed by atoms with Crippen molar-refractivity contribution in [3.63, 3.8) is 0 Å². The molecule has 5 nitrogen and oxygen atoms in total. The van der Waals surface area contributed by atoms with Gasteiger partial charge in [-0.15, -0.1) is 0 Å². The largest absolute Gasteiger partial charge is 0.453 e. The summed E-state index contributed by atoms with van der Waals surface area (Å²) in [6, 6.07) is 0. The summed E-state index contributed by atoms with van der Waals surface area (Å²) < 4.78 is 4.62. The number of rotatable bonds is 2. The highest BCUT2D eigenvalue weighted by Crippen LogP contribution is 2.17. The number of hydrogen-bond acceptors (Lipinski definition) is 4. The van der Waals surface area contributed by atoms with Crippen LogP contribution in [0.1, 0.15) is 12.8 Å². The summed E-state index contributed by atoms with van der Waals surface area (Å²) in [5, 5.41) is 0. The number of methoxy groups -OCH3 is 1. The molecule has 1 saturated heterocycles. The van der Waals surface area contributed by atoms with E-state index >= 15 is 0 Å².